The summed E-state index contributed by atoms with van der Waals surface area (Å²) in [5.74, 6) is 0.341. The third kappa shape index (κ3) is 3.31. The Morgan fingerprint density at radius 2 is 1.94 bits per heavy atom. The lowest BCUT2D eigenvalue weighted by molar-refractivity contribution is 0.320. The van der Waals surface area contributed by atoms with E-state index in [0.717, 1.165) is 12.0 Å². The Morgan fingerprint density at radius 1 is 1.18 bits per heavy atom. The standard InChI is InChI=1S/C13H13BFNO/c14-12-2-1-11(9-13(12)15)17-8-5-10-3-6-16-7-4-10/h1-4,6-7,9H,5,8,14H2. The molecule has 1 aromatic carbocycles. The average molecular weight is 229 g/mol. The van der Waals surface area contributed by atoms with Crippen LogP contribution in [0, 0.1) is 5.82 Å². The van der Waals surface area contributed by atoms with Crippen LogP contribution in [0.2, 0.25) is 0 Å². The van der Waals surface area contributed by atoms with Crippen LogP contribution in [0.3, 0.4) is 0 Å². The molecular weight excluding hydrogens is 216 g/mol. The van der Waals surface area contributed by atoms with E-state index in [1.807, 2.05) is 12.1 Å². The van der Waals surface area contributed by atoms with Gasteiger partial charge in [-0.05, 0) is 23.8 Å². The zero-order valence-corrected chi connectivity index (χ0v) is 9.69. The summed E-state index contributed by atoms with van der Waals surface area (Å²) >= 11 is 0. The molecule has 0 N–H and O–H groups in total. The number of hydrogen-bond donors (Lipinski definition) is 0. The van der Waals surface area contributed by atoms with Crippen LogP contribution in [-0.4, -0.2) is 19.4 Å². The molecule has 0 saturated carbocycles. The van der Waals surface area contributed by atoms with Gasteiger partial charge in [-0.3, -0.25) is 4.98 Å². The quantitative estimate of drug-likeness (QED) is 0.732. The van der Waals surface area contributed by atoms with Crippen LogP contribution in [0.15, 0.2) is 42.7 Å². The number of hydrogen-bond acceptors (Lipinski definition) is 2. The Balaban J connectivity index is 1.88. The van der Waals surface area contributed by atoms with Crippen molar-refractivity contribution in [3.05, 3.63) is 54.1 Å². The highest BCUT2D eigenvalue weighted by atomic mass is 19.1. The van der Waals surface area contributed by atoms with E-state index in [-0.39, 0.29) is 5.82 Å². The van der Waals surface area contributed by atoms with E-state index in [1.165, 1.54) is 6.07 Å². The zero-order chi connectivity index (χ0) is 12.1. The third-order valence-electron chi connectivity index (χ3n) is 2.55. The fourth-order valence-corrected chi connectivity index (χ4v) is 1.50. The van der Waals surface area contributed by atoms with Crippen LogP contribution in [0.5, 0.6) is 5.75 Å². The summed E-state index contributed by atoms with van der Waals surface area (Å²) in [6.45, 7) is 0.534. The molecule has 0 atom stereocenters. The minimum Gasteiger partial charge on any atom is -0.493 e. The molecule has 0 aliphatic heterocycles. The highest BCUT2D eigenvalue weighted by molar-refractivity contribution is 6.32. The molecule has 0 aliphatic carbocycles. The Hall–Kier alpha value is -1.84. The van der Waals surface area contributed by atoms with E-state index in [9.17, 15) is 4.39 Å². The lowest BCUT2D eigenvalue weighted by atomic mass is 9.96. The van der Waals surface area contributed by atoms with Crippen LogP contribution in [0.4, 0.5) is 4.39 Å². The first-order chi connectivity index (χ1) is 8.25. The van der Waals surface area contributed by atoms with Gasteiger partial charge in [-0.25, -0.2) is 4.39 Å². The molecule has 0 fully saturated rings. The number of aromatic nitrogens is 1. The van der Waals surface area contributed by atoms with Gasteiger partial charge < -0.3 is 4.74 Å². The van der Waals surface area contributed by atoms with Crippen LogP contribution < -0.4 is 10.2 Å². The molecule has 4 heteroatoms. The number of benzene rings is 1. The number of rotatable bonds is 4. The molecule has 0 bridgehead atoms. The first-order valence-electron chi connectivity index (χ1n) is 5.53. The summed E-state index contributed by atoms with van der Waals surface area (Å²) in [4.78, 5) is 3.94. The number of ether oxygens (including phenoxy) is 1. The van der Waals surface area contributed by atoms with Crippen molar-refractivity contribution in [2.24, 2.45) is 0 Å². The fourth-order valence-electron chi connectivity index (χ4n) is 1.50. The van der Waals surface area contributed by atoms with Crippen molar-refractivity contribution in [3.63, 3.8) is 0 Å². The Kier molecular flexibility index (Phi) is 3.75. The monoisotopic (exact) mass is 229 g/mol. The maximum atomic E-state index is 13.2. The molecule has 0 radical (unpaired) electrons. The van der Waals surface area contributed by atoms with E-state index < -0.39 is 0 Å². The zero-order valence-electron chi connectivity index (χ0n) is 9.69. The summed E-state index contributed by atoms with van der Waals surface area (Å²) in [6.07, 6.45) is 4.29. The number of halogens is 1. The summed E-state index contributed by atoms with van der Waals surface area (Å²) in [5.41, 5.74) is 1.79. The predicted octanol–water partition coefficient (Wildman–Crippen LogP) is 1.10. The van der Waals surface area contributed by atoms with Gasteiger partial charge in [-0.2, -0.15) is 0 Å². The second-order valence-corrected chi connectivity index (χ2v) is 3.86. The second-order valence-electron chi connectivity index (χ2n) is 3.86. The van der Waals surface area contributed by atoms with Gasteiger partial charge in [0.15, 0.2) is 0 Å². The minimum atomic E-state index is -0.230. The van der Waals surface area contributed by atoms with Gasteiger partial charge in [0.05, 0.1) is 6.61 Å². The van der Waals surface area contributed by atoms with Gasteiger partial charge in [0, 0.05) is 24.9 Å². The van der Waals surface area contributed by atoms with Gasteiger partial charge in [-0.15, -0.1) is 0 Å². The summed E-state index contributed by atoms with van der Waals surface area (Å²) < 4.78 is 18.7. The van der Waals surface area contributed by atoms with Crippen molar-refractivity contribution in [1.82, 2.24) is 4.98 Å². The van der Waals surface area contributed by atoms with Crippen molar-refractivity contribution in [2.75, 3.05) is 6.61 Å². The Bertz CT molecular complexity index is 490. The normalized spacial score (nSPS) is 10.2. The maximum absolute atomic E-state index is 13.2. The molecule has 0 saturated heterocycles. The molecule has 86 valence electrons. The average Bonchev–Trinajstić information content (AvgIpc) is 2.35. The lowest BCUT2D eigenvalue weighted by Crippen LogP contribution is -2.09. The maximum Gasteiger partial charge on any atom is 0.143 e. The predicted molar refractivity (Wildman–Crippen MR) is 68.0 cm³/mol. The van der Waals surface area contributed by atoms with E-state index in [2.05, 4.69) is 4.98 Å². The Labute approximate surface area is 101 Å². The fraction of sp³-hybridized carbons (Fsp3) is 0.154. The van der Waals surface area contributed by atoms with Crippen molar-refractivity contribution < 1.29 is 9.13 Å². The van der Waals surface area contributed by atoms with Gasteiger partial charge >= 0.3 is 0 Å². The van der Waals surface area contributed by atoms with E-state index in [4.69, 9.17) is 4.74 Å². The summed E-state index contributed by atoms with van der Waals surface area (Å²) in [6, 6.07) is 8.81. The molecule has 0 unspecified atom stereocenters. The van der Waals surface area contributed by atoms with Crippen LogP contribution in [0.1, 0.15) is 5.56 Å². The first kappa shape index (κ1) is 11.6. The molecule has 1 heterocycles. The van der Waals surface area contributed by atoms with E-state index in [1.54, 1.807) is 32.4 Å². The first-order valence-corrected chi connectivity index (χ1v) is 5.53. The highest BCUT2D eigenvalue weighted by Gasteiger charge is 2.00. The smallest absolute Gasteiger partial charge is 0.143 e. The minimum absolute atomic E-state index is 0.230. The Morgan fingerprint density at radius 3 is 2.65 bits per heavy atom. The molecule has 0 spiro atoms. The third-order valence-corrected chi connectivity index (χ3v) is 2.55. The van der Waals surface area contributed by atoms with Gasteiger partial charge in [0.2, 0.25) is 0 Å². The van der Waals surface area contributed by atoms with Crippen LogP contribution in [-0.2, 0) is 6.42 Å². The summed E-state index contributed by atoms with van der Waals surface area (Å²) in [7, 11) is 1.73. The van der Waals surface area contributed by atoms with Crippen LogP contribution in [0.25, 0.3) is 0 Å². The molecular formula is C13H13BFNO. The number of nitrogens with zero attached hydrogens (tertiary/aromatic N) is 1. The highest BCUT2D eigenvalue weighted by Crippen LogP contribution is 2.10. The molecule has 0 amide bonds. The van der Waals surface area contributed by atoms with E-state index in [0.29, 0.717) is 17.8 Å². The van der Waals surface area contributed by atoms with Gasteiger partial charge in [0.25, 0.3) is 0 Å². The van der Waals surface area contributed by atoms with Crippen LogP contribution >= 0.6 is 0 Å². The van der Waals surface area contributed by atoms with Gasteiger partial charge in [-0.1, -0.05) is 11.5 Å². The topological polar surface area (TPSA) is 22.1 Å². The van der Waals surface area contributed by atoms with Crippen molar-refractivity contribution in [1.29, 1.82) is 0 Å². The molecule has 1 aromatic heterocycles. The number of pyridine rings is 1. The van der Waals surface area contributed by atoms with Crippen molar-refractivity contribution >= 4 is 13.3 Å². The van der Waals surface area contributed by atoms with E-state index >= 15 is 0 Å². The largest absolute Gasteiger partial charge is 0.493 e. The molecule has 2 nitrogen and oxygen atoms in total. The molecule has 2 aromatic rings. The molecule has 2 rings (SSSR count). The SMILES string of the molecule is Bc1ccc(OCCc2ccncc2)cc1F. The summed E-state index contributed by atoms with van der Waals surface area (Å²) in [5, 5.41) is 0. The second kappa shape index (κ2) is 5.48. The van der Waals surface area contributed by atoms with Crippen molar-refractivity contribution in [3.8, 4) is 5.75 Å². The molecule has 17 heavy (non-hydrogen) atoms. The molecule has 0 aliphatic rings. The van der Waals surface area contributed by atoms with Crippen molar-refractivity contribution in [2.45, 2.75) is 6.42 Å². The lowest BCUT2D eigenvalue weighted by Gasteiger charge is -2.07. The van der Waals surface area contributed by atoms with Gasteiger partial charge in [0.1, 0.15) is 19.4 Å².